The van der Waals surface area contributed by atoms with Crippen LogP contribution in [-0.4, -0.2) is 72.3 Å². The van der Waals surface area contributed by atoms with Gasteiger partial charge < -0.3 is 9.80 Å². The molecule has 5 heteroatoms. The Balaban J connectivity index is 1.42. The van der Waals surface area contributed by atoms with Crippen molar-refractivity contribution in [2.75, 3.05) is 39.8 Å². The summed E-state index contributed by atoms with van der Waals surface area (Å²) in [6.45, 7) is 5.54. The quantitative estimate of drug-likeness (QED) is 0.753. The van der Waals surface area contributed by atoms with Gasteiger partial charge in [-0.2, -0.15) is 0 Å². The predicted octanol–water partition coefficient (Wildman–Crippen LogP) is 0.798. The molecular formula is C16H27N3O2. The molecule has 1 heterocycles. The Labute approximate surface area is 127 Å². The van der Waals surface area contributed by atoms with E-state index in [0.29, 0.717) is 44.7 Å². The van der Waals surface area contributed by atoms with Crippen molar-refractivity contribution in [1.82, 2.24) is 14.7 Å². The highest BCUT2D eigenvalue weighted by atomic mass is 16.2. The first-order valence-corrected chi connectivity index (χ1v) is 8.33. The minimum Gasteiger partial charge on any atom is -0.339 e. The number of piperazine rings is 1. The second-order valence-corrected chi connectivity index (χ2v) is 6.97. The van der Waals surface area contributed by atoms with Crippen molar-refractivity contribution in [3.63, 3.8) is 0 Å². The van der Waals surface area contributed by atoms with Gasteiger partial charge in [0.1, 0.15) is 0 Å². The van der Waals surface area contributed by atoms with Gasteiger partial charge in [0.25, 0.3) is 0 Å². The minimum absolute atomic E-state index is 0.212. The van der Waals surface area contributed by atoms with Crippen molar-refractivity contribution in [2.45, 2.75) is 38.6 Å². The summed E-state index contributed by atoms with van der Waals surface area (Å²) in [5.41, 5.74) is 0. The second kappa shape index (κ2) is 5.95. The van der Waals surface area contributed by atoms with Crippen molar-refractivity contribution >= 4 is 11.8 Å². The Kier molecular flexibility index (Phi) is 4.20. The summed E-state index contributed by atoms with van der Waals surface area (Å²) in [6, 6.07) is 0.506. The van der Waals surface area contributed by atoms with Gasteiger partial charge in [0, 0.05) is 38.1 Å². The first-order valence-electron chi connectivity index (χ1n) is 8.33. The van der Waals surface area contributed by atoms with E-state index in [9.17, 15) is 9.59 Å². The number of hydrogen-bond acceptors (Lipinski definition) is 3. The lowest BCUT2D eigenvalue weighted by Crippen LogP contribution is -2.53. The molecule has 0 aromatic carbocycles. The van der Waals surface area contributed by atoms with Gasteiger partial charge in [0.05, 0.1) is 6.54 Å². The summed E-state index contributed by atoms with van der Waals surface area (Å²) in [5, 5.41) is 0. The standard InChI is InChI=1S/C16H27N3O2/c1-12(13-3-4-13)17(2)11-15(20)18-7-9-19(10-8-18)16(21)14-5-6-14/h12-14H,3-11H2,1-2H3. The van der Waals surface area contributed by atoms with Crippen LogP contribution < -0.4 is 0 Å². The molecule has 21 heavy (non-hydrogen) atoms. The lowest BCUT2D eigenvalue weighted by Gasteiger charge is -2.36. The van der Waals surface area contributed by atoms with E-state index in [0.717, 1.165) is 18.8 Å². The summed E-state index contributed by atoms with van der Waals surface area (Å²) in [5.74, 6) is 1.60. The molecule has 1 saturated heterocycles. The number of amides is 2. The molecule has 2 aliphatic carbocycles. The van der Waals surface area contributed by atoms with Crippen LogP contribution in [0.15, 0.2) is 0 Å². The molecule has 0 N–H and O–H groups in total. The van der Waals surface area contributed by atoms with Crippen LogP contribution in [0.25, 0.3) is 0 Å². The third-order valence-electron chi connectivity index (χ3n) is 5.25. The van der Waals surface area contributed by atoms with Gasteiger partial charge in [-0.3, -0.25) is 14.5 Å². The van der Waals surface area contributed by atoms with E-state index in [-0.39, 0.29) is 11.8 Å². The molecule has 1 unspecified atom stereocenters. The van der Waals surface area contributed by atoms with Gasteiger partial charge in [-0.15, -0.1) is 0 Å². The Morgan fingerprint density at radius 1 is 1.05 bits per heavy atom. The predicted molar refractivity (Wildman–Crippen MR) is 80.7 cm³/mol. The summed E-state index contributed by atoms with van der Waals surface area (Å²) >= 11 is 0. The van der Waals surface area contributed by atoms with E-state index in [1.54, 1.807) is 0 Å². The molecule has 3 fully saturated rings. The highest BCUT2D eigenvalue weighted by Gasteiger charge is 2.36. The summed E-state index contributed by atoms with van der Waals surface area (Å²) < 4.78 is 0. The number of nitrogens with zero attached hydrogens (tertiary/aromatic N) is 3. The smallest absolute Gasteiger partial charge is 0.236 e. The van der Waals surface area contributed by atoms with Crippen LogP contribution in [0.3, 0.4) is 0 Å². The van der Waals surface area contributed by atoms with Gasteiger partial charge in [-0.25, -0.2) is 0 Å². The van der Waals surface area contributed by atoms with Crippen molar-refractivity contribution in [3.05, 3.63) is 0 Å². The van der Waals surface area contributed by atoms with Crippen LogP contribution >= 0.6 is 0 Å². The third-order valence-corrected chi connectivity index (χ3v) is 5.25. The van der Waals surface area contributed by atoms with Gasteiger partial charge in [0.2, 0.25) is 11.8 Å². The lowest BCUT2D eigenvalue weighted by molar-refractivity contribution is -0.141. The van der Waals surface area contributed by atoms with E-state index in [4.69, 9.17) is 0 Å². The zero-order valence-electron chi connectivity index (χ0n) is 13.3. The molecule has 5 nitrogen and oxygen atoms in total. The topological polar surface area (TPSA) is 43.9 Å². The molecule has 0 radical (unpaired) electrons. The first-order chi connectivity index (χ1) is 10.1. The highest BCUT2D eigenvalue weighted by Crippen LogP contribution is 2.34. The summed E-state index contributed by atoms with van der Waals surface area (Å²) in [7, 11) is 2.05. The largest absolute Gasteiger partial charge is 0.339 e. The van der Waals surface area contributed by atoms with E-state index >= 15 is 0 Å². The van der Waals surface area contributed by atoms with Gasteiger partial charge in [-0.1, -0.05) is 0 Å². The number of carbonyl (C=O) groups excluding carboxylic acids is 2. The monoisotopic (exact) mass is 293 g/mol. The molecule has 3 rings (SSSR count). The molecule has 3 aliphatic rings. The van der Waals surface area contributed by atoms with E-state index in [2.05, 4.69) is 11.8 Å². The number of likely N-dealkylation sites (N-methyl/N-ethyl adjacent to an activating group) is 1. The molecule has 2 saturated carbocycles. The Morgan fingerprint density at radius 2 is 1.62 bits per heavy atom. The lowest BCUT2D eigenvalue weighted by atomic mass is 10.2. The van der Waals surface area contributed by atoms with Crippen molar-refractivity contribution < 1.29 is 9.59 Å². The van der Waals surface area contributed by atoms with E-state index in [1.807, 2.05) is 16.8 Å². The molecule has 118 valence electrons. The van der Waals surface area contributed by atoms with Crippen LogP contribution in [0, 0.1) is 11.8 Å². The molecule has 1 atom stereocenters. The van der Waals surface area contributed by atoms with Crippen molar-refractivity contribution in [2.24, 2.45) is 11.8 Å². The molecule has 2 amide bonds. The molecule has 0 aromatic rings. The van der Waals surface area contributed by atoms with Crippen LogP contribution in [0.5, 0.6) is 0 Å². The molecule has 0 spiro atoms. The minimum atomic E-state index is 0.212. The fourth-order valence-corrected chi connectivity index (χ4v) is 3.16. The zero-order valence-corrected chi connectivity index (χ0v) is 13.3. The SMILES string of the molecule is CC(C1CC1)N(C)CC(=O)N1CCN(C(=O)C2CC2)CC1. The molecule has 0 aromatic heterocycles. The van der Waals surface area contributed by atoms with Gasteiger partial charge >= 0.3 is 0 Å². The third kappa shape index (κ3) is 3.57. The average Bonchev–Trinajstić information content (AvgIpc) is 3.38. The first kappa shape index (κ1) is 14.8. The van der Waals surface area contributed by atoms with E-state index < -0.39 is 0 Å². The van der Waals surface area contributed by atoms with Crippen LogP contribution in [0.2, 0.25) is 0 Å². The van der Waals surface area contributed by atoms with Crippen LogP contribution in [0.1, 0.15) is 32.6 Å². The van der Waals surface area contributed by atoms with Gasteiger partial charge in [-0.05, 0) is 45.6 Å². The fraction of sp³-hybridized carbons (Fsp3) is 0.875. The normalized spacial score (nSPS) is 24.3. The Bertz CT molecular complexity index is 410. The zero-order chi connectivity index (χ0) is 15.0. The summed E-state index contributed by atoms with van der Waals surface area (Å²) in [6.07, 6.45) is 4.73. The molecule has 1 aliphatic heterocycles. The Hall–Kier alpha value is -1.10. The van der Waals surface area contributed by atoms with Crippen LogP contribution in [0.4, 0.5) is 0 Å². The molecule has 0 bridgehead atoms. The van der Waals surface area contributed by atoms with E-state index in [1.165, 1.54) is 12.8 Å². The second-order valence-electron chi connectivity index (χ2n) is 6.97. The Morgan fingerprint density at radius 3 is 2.14 bits per heavy atom. The molecular weight excluding hydrogens is 266 g/mol. The fourth-order valence-electron chi connectivity index (χ4n) is 3.16. The van der Waals surface area contributed by atoms with Crippen molar-refractivity contribution in [3.8, 4) is 0 Å². The maximum atomic E-state index is 12.4. The number of hydrogen-bond donors (Lipinski definition) is 0. The van der Waals surface area contributed by atoms with Gasteiger partial charge in [0.15, 0.2) is 0 Å². The number of carbonyl (C=O) groups is 2. The maximum Gasteiger partial charge on any atom is 0.236 e. The maximum absolute atomic E-state index is 12.4. The van der Waals surface area contributed by atoms with Crippen LogP contribution in [-0.2, 0) is 9.59 Å². The summed E-state index contributed by atoms with van der Waals surface area (Å²) in [4.78, 5) is 30.4. The average molecular weight is 293 g/mol. The number of rotatable bonds is 5. The highest BCUT2D eigenvalue weighted by molar-refractivity contribution is 5.82. The van der Waals surface area contributed by atoms with Crippen molar-refractivity contribution in [1.29, 1.82) is 0 Å².